The Morgan fingerprint density at radius 3 is 2.42 bits per heavy atom. The molecule has 1 amide bonds. The van der Waals surface area contributed by atoms with E-state index in [2.05, 4.69) is 46.8 Å². The molecule has 1 aliphatic carbocycles. The van der Waals surface area contributed by atoms with Crippen molar-refractivity contribution in [3.63, 3.8) is 0 Å². The zero-order valence-corrected chi connectivity index (χ0v) is 21.1. The van der Waals surface area contributed by atoms with Crippen LogP contribution in [0.15, 0.2) is 48.0 Å². The molecule has 1 aromatic carbocycles. The molecule has 170 valence electrons. The lowest BCUT2D eigenvalue weighted by molar-refractivity contribution is -0.138. The zero-order valence-electron chi connectivity index (χ0n) is 18.8. The molecule has 2 N–H and O–H groups in total. The quantitative estimate of drug-likeness (QED) is 0.308. The standard InChI is InChI=1S/C23H34N6O.HI/c1-4-25-22(27-17-23(11-5-6-12-23)21(30)28(2)3)26-15-19-7-9-20(10-8-19)16-29-14-13-24-18-29;/h7-10,13-14,18H,4-6,11-12,15-17H2,1-3H3,(H2,25,26,27);1H. The van der Waals surface area contributed by atoms with Crippen LogP contribution >= 0.6 is 24.0 Å². The number of guanidine groups is 1. The van der Waals surface area contributed by atoms with Gasteiger partial charge >= 0.3 is 0 Å². The van der Waals surface area contributed by atoms with Gasteiger partial charge in [0.15, 0.2) is 5.96 Å². The second-order valence-corrected chi connectivity index (χ2v) is 8.29. The van der Waals surface area contributed by atoms with Crippen LogP contribution in [0, 0.1) is 5.41 Å². The lowest BCUT2D eigenvalue weighted by Gasteiger charge is -2.31. The fraction of sp³-hybridized carbons (Fsp3) is 0.522. The van der Waals surface area contributed by atoms with Crippen molar-refractivity contribution in [1.29, 1.82) is 0 Å². The normalized spacial score (nSPS) is 15.3. The van der Waals surface area contributed by atoms with Gasteiger partial charge < -0.3 is 20.1 Å². The monoisotopic (exact) mass is 538 g/mol. The van der Waals surface area contributed by atoms with E-state index < -0.39 is 0 Å². The Bertz CT molecular complexity index is 826. The number of halogens is 1. The number of carbonyl (C=O) groups excluding carboxylic acids is 1. The van der Waals surface area contributed by atoms with E-state index in [1.54, 1.807) is 11.1 Å². The average Bonchev–Trinajstić information content (AvgIpc) is 3.43. The van der Waals surface area contributed by atoms with E-state index in [1.807, 2.05) is 31.2 Å². The Balaban J connectivity index is 0.00000341. The smallest absolute Gasteiger partial charge is 0.230 e. The molecule has 1 aromatic heterocycles. The minimum absolute atomic E-state index is 0. The number of carbonyl (C=O) groups is 1. The molecule has 1 saturated carbocycles. The van der Waals surface area contributed by atoms with Crippen molar-refractivity contribution < 1.29 is 4.79 Å². The van der Waals surface area contributed by atoms with Gasteiger partial charge in [-0.25, -0.2) is 9.98 Å². The fourth-order valence-electron chi connectivity index (χ4n) is 4.10. The molecular formula is C23H35IN6O. The van der Waals surface area contributed by atoms with Crippen molar-refractivity contribution in [3.8, 4) is 0 Å². The summed E-state index contributed by atoms with van der Waals surface area (Å²) in [5.74, 6) is 0.981. The highest BCUT2D eigenvalue weighted by atomic mass is 127. The maximum Gasteiger partial charge on any atom is 0.230 e. The minimum atomic E-state index is -0.311. The second kappa shape index (κ2) is 12.1. The van der Waals surface area contributed by atoms with Gasteiger partial charge in [0.25, 0.3) is 0 Å². The molecule has 0 aliphatic heterocycles. The predicted molar refractivity (Wildman–Crippen MR) is 136 cm³/mol. The molecule has 2 aromatic rings. The molecule has 0 spiro atoms. The van der Waals surface area contributed by atoms with Crippen molar-refractivity contribution in [3.05, 3.63) is 54.1 Å². The molecule has 0 unspecified atom stereocenters. The molecule has 0 saturated heterocycles. The highest BCUT2D eigenvalue weighted by molar-refractivity contribution is 14.0. The van der Waals surface area contributed by atoms with Gasteiger partial charge in [0.1, 0.15) is 0 Å². The van der Waals surface area contributed by atoms with Crippen LogP contribution in [0.2, 0.25) is 0 Å². The molecule has 0 bridgehead atoms. The van der Waals surface area contributed by atoms with E-state index in [-0.39, 0.29) is 35.3 Å². The molecule has 0 atom stereocenters. The van der Waals surface area contributed by atoms with E-state index in [0.717, 1.165) is 50.3 Å². The predicted octanol–water partition coefficient (Wildman–Crippen LogP) is 3.25. The third-order valence-corrected chi connectivity index (χ3v) is 5.73. The third-order valence-electron chi connectivity index (χ3n) is 5.73. The zero-order chi connectivity index (χ0) is 21.4. The molecule has 8 heteroatoms. The molecule has 31 heavy (non-hydrogen) atoms. The molecule has 1 heterocycles. The molecule has 1 aliphatic rings. The van der Waals surface area contributed by atoms with Crippen molar-refractivity contribution in [2.75, 3.05) is 27.2 Å². The van der Waals surface area contributed by atoms with Crippen LogP contribution in [0.5, 0.6) is 0 Å². The molecule has 1 fully saturated rings. The number of benzene rings is 1. The van der Waals surface area contributed by atoms with Gasteiger partial charge in [-0.3, -0.25) is 4.79 Å². The second-order valence-electron chi connectivity index (χ2n) is 8.29. The van der Waals surface area contributed by atoms with Crippen LogP contribution in [-0.2, 0) is 17.9 Å². The number of nitrogens with one attached hydrogen (secondary N) is 2. The summed E-state index contributed by atoms with van der Waals surface area (Å²) in [7, 11) is 3.69. The van der Waals surface area contributed by atoms with E-state index >= 15 is 0 Å². The van der Waals surface area contributed by atoms with Crippen molar-refractivity contribution in [2.24, 2.45) is 10.4 Å². The number of amides is 1. The molecular weight excluding hydrogens is 503 g/mol. The number of hydrogen-bond donors (Lipinski definition) is 2. The number of hydrogen-bond acceptors (Lipinski definition) is 3. The summed E-state index contributed by atoms with van der Waals surface area (Å²) < 4.78 is 2.05. The van der Waals surface area contributed by atoms with Gasteiger partial charge in [0.05, 0.1) is 18.3 Å². The number of aromatic nitrogens is 2. The maximum atomic E-state index is 12.8. The van der Waals surface area contributed by atoms with Gasteiger partial charge in [0.2, 0.25) is 5.91 Å². The highest BCUT2D eigenvalue weighted by Crippen LogP contribution is 2.38. The highest BCUT2D eigenvalue weighted by Gasteiger charge is 2.42. The Labute approximate surface area is 202 Å². The van der Waals surface area contributed by atoms with Crippen molar-refractivity contribution >= 4 is 35.8 Å². The summed E-state index contributed by atoms with van der Waals surface area (Å²) in [5, 5.41) is 6.74. The van der Waals surface area contributed by atoms with Gasteiger partial charge in [0, 0.05) is 46.1 Å². The van der Waals surface area contributed by atoms with Gasteiger partial charge in [-0.2, -0.15) is 0 Å². The van der Waals surface area contributed by atoms with Crippen LogP contribution in [0.3, 0.4) is 0 Å². The van der Waals surface area contributed by atoms with E-state index in [1.165, 1.54) is 5.56 Å². The summed E-state index contributed by atoms with van der Waals surface area (Å²) in [6, 6.07) is 8.50. The number of imidazole rings is 1. The summed E-state index contributed by atoms with van der Waals surface area (Å²) in [6.45, 7) is 4.87. The summed E-state index contributed by atoms with van der Waals surface area (Å²) >= 11 is 0. The summed E-state index contributed by atoms with van der Waals surface area (Å²) in [6.07, 6.45) is 9.68. The fourth-order valence-corrected chi connectivity index (χ4v) is 4.10. The van der Waals surface area contributed by atoms with Crippen molar-refractivity contribution in [1.82, 2.24) is 25.1 Å². The first kappa shape index (κ1) is 25.2. The lowest BCUT2D eigenvalue weighted by atomic mass is 9.84. The first-order valence-corrected chi connectivity index (χ1v) is 10.8. The van der Waals surface area contributed by atoms with Crippen molar-refractivity contribution in [2.45, 2.75) is 45.7 Å². The van der Waals surface area contributed by atoms with Crippen LogP contribution in [0.25, 0.3) is 0 Å². The first-order valence-electron chi connectivity index (χ1n) is 10.8. The van der Waals surface area contributed by atoms with E-state index in [9.17, 15) is 4.79 Å². The largest absolute Gasteiger partial charge is 0.357 e. The Hall–Kier alpha value is -2.10. The average molecular weight is 538 g/mol. The molecule has 7 nitrogen and oxygen atoms in total. The summed E-state index contributed by atoms with van der Waals surface area (Å²) in [4.78, 5) is 23.3. The SMILES string of the molecule is CCNC(=NCc1ccc(Cn2ccnc2)cc1)NCC1(C(=O)N(C)C)CCCC1.I. The Morgan fingerprint density at radius 2 is 1.84 bits per heavy atom. The number of rotatable bonds is 8. The van der Waals surface area contributed by atoms with Crippen LogP contribution in [0.4, 0.5) is 0 Å². The minimum Gasteiger partial charge on any atom is -0.357 e. The maximum absolute atomic E-state index is 12.8. The number of nitrogens with zero attached hydrogens (tertiary/aromatic N) is 4. The van der Waals surface area contributed by atoms with Gasteiger partial charge in [-0.1, -0.05) is 37.1 Å². The third kappa shape index (κ3) is 6.95. The summed E-state index contributed by atoms with van der Waals surface area (Å²) in [5.41, 5.74) is 2.08. The van der Waals surface area contributed by atoms with E-state index in [4.69, 9.17) is 4.99 Å². The molecule has 0 radical (unpaired) electrons. The van der Waals surface area contributed by atoms with E-state index in [0.29, 0.717) is 13.1 Å². The number of aliphatic imine (C=N–C) groups is 1. The molecule has 3 rings (SSSR count). The van der Waals surface area contributed by atoms with Gasteiger partial charge in [-0.15, -0.1) is 24.0 Å². The van der Waals surface area contributed by atoms with Gasteiger partial charge in [-0.05, 0) is 30.9 Å². The Kier molecular flexibility index (Phi) is 9.80. The van der Waals surface area contributed by atoms with Crippen LogP contribution in [-0.4, -0.2) is 53.5 Å². The lowest BCUT2D eigenvalue weighted by Crippen LogP contribution is -2.49. The Morgan fingerprint density at radius 1 is 1.16 bits per heavy atom. The van der Waals surface area contributed by atoms with Crippen LogP contribution in [0.1, 0.15) is 43.7 Å². The van der Waals surface area contributed by atoms with Crippen LogP contribution < -0.4 is 10.6 Å². The topological polar surface area (TPSA) is 74.5 Å². The first-order chi connectivity index (χ1) is 14.5.